The van der Waals surface area contributed by atoms with Crippen LogP contribution in [0.1, 0.15) is 54.8 Å². The molecule has 1 aliphatic carbocycles. The molecule has 0 aliphatic heterocycles. The number of rotatable bonds is 9. The fraction of sp³-hybridized carbons (Fsp3) is 0.323. The number of benzene rings is 2. The summed E-state index contributed by atoms with van der Waals surface area (Å²) in [6, 6.07) is 18.6. The van der Waals surface area contributed by atoms with Crippen molar-refractivity contribution in [3.8, 4) is 5.75 Å². The van der Waals surface area contributed by atoms with Gasteiger partial charge in [-0.15, -0.1) is 0 Å². The summed E-state index contributed by atoms with van der Waals surface area (Å²) in [7, 11) is 1.63. The highest BCUT2D eigenvalue weighted by molar-refractivity contribution is 5.92. The SMILES string of the molecule is COc1ccc(CN(C(=O)Cc2c[nH]c3ccccc23)C(C(=O)NC2CCCCC2)c2cccnc2)cc1. The molecule has 7 nitrogen and oxygen atoms in total. The van der Waals surface area contributed by atoms with E-state index in [2.05, 4.69) is 15.3 Å². The van der Waals surface area contributed by atoms with Crippen LogP contribution in [0, 0.1) is 0 Å². The van der Waals surface area contributed by atoms with Crippen molar-refractivity contribution in [2.75, 3.05) is 7.11 Å². The molecule has 2 amide bonds. The lowest BCUT2D eigenvalue weighted by atomic mass is 9.94. The van der Waals surface area contributed by atoms with Crippen molar-refractivity contribution in [2.45, 2.75) is 57.2 Å². The minimum absolute atomic E-state index is 0.127. The smallest absolute Gasteiger partial charge is 0.247 e. The second kappa shape index (κ2) is 11.9. The largest absolute Gasteiger partial charge is 0.497 e. The number of hydrogen-bond acceptors (Lipinski definition) is 4. The number of methoxy groups -OCH3 is 1. The zero-order valence-electron chi connectivity index (χ0n) is 21.7. The summed E-state index contributed by atoms with van der Waals surface area (Å²) in [5.41, 5.74) is 3.50. The maximum absolute atomic E-state index is 14.1. The molecule has 7 heteroatoms. The van der Waals surface area contributed by atoms with Crippen molar-refractivity contribution < 1.29 is 14.3 Å². The maximum Gasteiger partial charge on any atom is 0.247 e. The summed E-state index contributed by atoms with van der Waals surface area (Å²) >= 11 is 0. The van der Waals surface area contributed by atoms with Crippen LogP contribution in [0.25, 0.3) is 10.9 Å². The van der Waals surface area contributed by atoms with E-state index in [0.29, 0.717) is 5.56 Å². The quantitative estimate of drug-likeness (QED) is 0.319. The molecule has 2 heterocycles. The zero-order valence-corrected chi connectivity index (χ0v) is 21.7. The van der Waals surface area contributed by atoms with Crippen LogP contribution in [-0.4, -0.2) is 39.8 Å². The molecule has 1 atom stereocenters. The van der Waals surface area contributed by atoms with Gasteiger partial charge < -0.3 is 19.9 Å². The van der Waals surface area contributed by atoms with Gasteiger partial charge >= 0.3 is 0 Å². The molecule has 2 aromatic heterocycles. The Morgan fingerprint density at radius 1 is 1.05 bits per heavy atom. The third kappa shape index (κ3) is 5.88. The van der Waals surface area contributed by atoms with E-state index in [4.69, 9.17) is 4.74 Å². The van der Waals surface area contributed by atoms with Crippen LogP contribution in [-0.2, 0) is 22.6 Å². The van der Waals surface area contributed by atoms with Crippen LogP contribution >= 0.6 is 0 Å². The topological polar surface area (TPSA) is 87.3 Å². The number of fused-ring (bicyclic) bond motifs is 1. The molecule has 38 heavy (non-hydrogen) atoms. The molecular formula is C31H34N4O3. The van der Waals surface area contributed by atoms with Crippen LogP contribution in [0.15, 0.2) is 79.3 Å². The first-order valence-corrected chi connectivity index (χ1v) is 13.3. The second-order valence-corrected chi connectivity index (χ2v) is 9.94. The second-order valence-electron chi connectivity index (χ2n) is 9.94. The minimum Gasteiger partial charge on any atom is -0.497 e. The molecule has 0 radical (unpaired) electrons. The van der Waals surface area contributed by atoms with E-state index in [-0.39, 0.29) is 30.8 Å². The number of pyridine rings is 1. The third-order valence-corrected chi connectivity index (χ3v) is 7.36. The van der Waals surface area contributed by atoms with Gasteiger partial charge in [0.1, 0.15) is 11.8 Å². The van der Waals surface area contributed by atoms with E-state index < -0.39 is 6.04 Å². The normalized spacial score (nSPS) is 14.7. The molecule has 5 rings (SSSR count). The molecule has 1 saturated carbocycles. The summed E-state index contributed by atoms with van der Waals surface area (Å²) < 4.78 is 5.32. The summed E-state index contributed by atoms with van der Waals surface area (Å²) in [6.45, 7) is 0.281. The predicted octanol–water partition coefficient (Wildman–Crippen LogP) is 5.33. The molecule has 0 saturated heterocycles. The number of hydrogen-bond donors (Lipinski definition) is 2. The number of aromatic amines is 1. The van der Waals surface area contributed by atoms with Crippen LogP contribution in [0.2, 0.25) is 0 Å². The van der Waals surface area contributed by atoms with Gasteiger partial charge in [-0.25, -0.2) is 0 Å². The first kappa shape index (κ1) is 25.5. The van der Waals surface area contributed by atoms with Crippen LogP contribution in [0.3, 0.4) is 0 Å². The Morgan fingerprint density at radius 2 is 1.84 bits per heavy atom. The highest BCUT2D eigenvalue weighted by Crippen LogP contribution is 2.28. The van der Waals surface area contributed by atoms with Gasteiger partial charge in [0.25, 0.3) is 0 Å². The molecule has 1 unspecified atom stereocenters. The molecule has 4 aromatic rings. The van der Waals surface area contributed by atoms with Gasteiger partial charge in [0, 0.05) is 47.6 Å². The van der Waals surface area contributed by atoms with Gasteiger partial charge in [0.05, 0.1) is 13.5 Å². The predicted molar refractivity (Wildman–Crippen MR) is 148 cm³/mol. The van der Waals surface area contributed by atoms with Crippen LogP contribution in [0.4, 0.5) is 0 Å². The van der Waals surface area contributed by atoms with Crippen molar-refractivity contribution in [3.63, 3.8) is 0 Å². The molecule has 1 aliphatic rings. The summed E-state index contributed by atoms with van der Waals surface area (Å²) in [6.07, 6.45) is 10.8. The van der Waals surface area contributed by atoms with Crippen LogP contribution in [0.5, 0.6) is 5.75 Å². The number of amides is 2. The molecule has 0 spiro atoms. The zero-order chi connectivity index (χ0) is 26.3. The number of carbonyl (C=O) groups excluding carboxylic acids is 2. The first-order valence-electron chi connectivity index (χ1n) is 13.3. The standard InChI is InChI=1S/C31H34N4O3/c1-38-26-15-13-22(14-16-26)21-35(29(36)18-24-20-33-28-12-6-5-11-27(24)28)30(23-8-7-17-32-19-23)31(37)34-25-9-3-2-4-10-25/h5-8,11-17,19-20,25,30,33H,2-4,9-10,18,21H2,1H3,(H,34,37). The number of nitrogens with one attached hydrogen (secondary N) is 2. The molecule has 0 bridgehead atoms. The molecule has 2 N–H and O–H groups in total. The Morgan fingerprint density at radius 3 is 2.58 bits per heavy atom. The van der Waals surface area contributed by atoms with Crippen molar-refractivity contribution in [1.82, 2.24) is 20.2 Å². The van der Waals surface area contributed by atoms with E-state index in [1.165, 1.54) is 6.42 Å². The summed E-state index contributed by atoms with van der Waals surface area (Å²) in [5.74, 6) is 0.452. The fourth-order valence-corrected chi connectivity index (χ4v) is 5.33. The number of nitrogens with zero attached hydrogens (tertiary/aromatic N) is 2. The van der Waals surface area contributed by atoms with E-state index in [1.807, 2.05) is 66.9 Å². The summed E-state index contributed by atoms with van der Waals surface area (Å²) in [4.78, 5) is 37.2. The number of aromatic nitrogens is 2. The minimum atomic E-state index is -0.801. The van der Waals surface area contributed by atoms with Gasteiger partial charge in [-0.1, -0.05) is 55.7 Å². The number of H-pyrrole nitrogens is 1. The Labute approximate surface area is 223 Å². The monoisotopic (exact) mass is 510 g/mol. The average Bonchev–Trinajstić information content (AvgIpc) is 3.37. The molecular weight excluding hydrogens is 476 g/mol. The van der Waals surface area contributed by atoms with Gasteiger partial charge in [0.2, 0.25) is 11.8 Å². The highest BCUT2D eigenvalue weighted by Gasteiger charge is 2.33. The first-order chi connectivity index (χ1) is 18.6. The molecule has 1 fully saturated rings. The Kier molecular flexibility index (Phi) is 8.02. The van der Waals surface area contributed by atoms with Crippen LogP contribution < -0.4 is 10.1 Å². The Bertz CT molecular complexity index is 1360. The van der Waals surface area contributed by atoms with Gasteiger partial charge in [-0.2, -0.15) is 0 Å². The molecule has 196 valence electrons. The maximum atomic E-state index is 14.1. The Hall–Kier alpha value is -4.13. The Balaban J connectivity index is 1.50. The van der Waals surface area contributed by atoms with E-state index in [1.54, 1.807) is 24.4 Å². The van der Waals surface area contributed by atoms with Gasteiger partial charge in [-0.05, 0) is 48.2 Å². The average molecular weight is 511 g/mol. The third-order valence-electron chi connectivity index (χ3n) is 7.36. The lowest BCUT2D eigenvalue weighted by molar-refractivity contribution is -0.141. The lowest BCUT2D eigenvalue weighted by Crippen LogP contribution is -2.47. The molecule has 2 aromatic carbocycles. The number of carbonyl (C=O) groups is 2. The number of para-hydroxylation sites is 1. The highest BCUT2D eigenvalue weighted by atomic mass is 16.5. The van der Waals surface area contributed by atoms with Crippen molar-refractivity contribution in [3.05, 3.63) is 95.9 Å². The number of ether oxygens (including phenoxy) is 1. The fourth-order valence-electron chi connectivity index (χ4n) is 5.33. The van der Waals surface area contributed by atoms with Crippen molar-refractivity contribution in [2.24, 2.45) is 0 Å². The summed E-state index contributed by atoms with van der Waals surface area (Å²) in [5, 5.41) is 4.27. The van der Waals surface area contributed by atoms with E-state index in [9.17, 15) is 9.59 Å². The van der Waals surface area contributed by atoms with Gasteiger partial charge in [0.15, 0.2) is 0 Å². The van der Waals surface area contributed by atoms with E-state index in [0.717, 1.165) is 53.5 Å². The lowest BCUT2D eigenvalue weighted by Gasteiger charge is -2.33. The van der Waals surface area contributed by atoms with Gasteiger partial charge in [-0.3, -0.25) is 14.6 Å². The van der Waals surface area contributed by atoms with Crippen molar-refractivity contribution in [1.29, 1.82) is 0 Å². The van der Waals surface area contributed by atoms with E-state index >= 15 is 0 Å². The van der Waals surface area contributed by atoms with Crippen molar-refractivity contribution >= 4 is 22.7 Å².